The number of hydrogen-bond donors (Lipinski definition) is 3. The van der Waals surface area contributed by atoms with Crippen molar-refractivity contribution < 1.29 is 18.3 Å². The van der Waals surface area contributed by atoms with E-state index in [1.165, 1.54) is 6.07 Å². The molecule has 3 N–H and O–H groups in total. The molecule has 0 radical (unpaired) electrons. The number of fused-ring (bicyclic) bond motifs is 1. The number of aromatic amines is 1. The third kappa shape index (κ3) is 5.55. The van der Waals surface area contributed by atoms with Crippen LogP contribution in [-0.2, 0) is 0 Å². The van der Waals surface area contributed by atoms with Crippen LogP contribution in [0.15, 0.2) is 12.1 Å². The molecular weight excluding hydrogens is 466 g/mol. The molecule has 0 aromatic carbocycles. The number of nitrogens with one attached hydrogen (secondary N) is 3. The fraction of sp³-hybridized carbons (Fsp3) is 0.478. The molecule has 1 amide bonds. The predicted octanol–water partition coefficient (Wildman–Crippen LogP) is 5.32. The lowest BCUT2D eigenvalue weighted by Gasteiger charge is -2.27. The number of hydrogen-bond acceptors (Lipinski definition) is 6. The molecule has 34 heavy (non-hydrogen) atoms. The topological polar surface area (TPSA) is 105 Å². The Bertz CT molecular complexity index is 1170. The van der Waals surface area contributed by atoms with Gasteiger partial charge in [-0.15, -0.1) is 0 Å². The minimum Gasteiger partial charge on any atom is -0.471 e. The molecule has 182 valence electrons. The summed E-state index contributed by atoms with van der Waals surface area (Å²) in [6, 6.07) is 3.39. The van der Waals surface area contributed by atoms with E-state index in [1.54, 1.807) is 0 Å². The number of ether oxygens (including phenoxy) is 1. The number of amides is 1. The zero-order chi connectivity index (χ0) is 24.4. The minimum absolute atomic E-state index is 0.0258. The lowest BCUT2D eigenvalue weighted by molar-refractivity contribution is 0.0770. The van der Waals surface area contributed by atoms with Crippen molar-refractivity contribution in [1.82, 2.24) is 25.3 Å². The highest BCUT2D eigenvalue weighted by atomic mass is 35.5. The van der Waals surface area contributed by atoms with Gasteiger partial charge in [-0.05, 0) is 63.1 Å². The molecule has 0 aliphatic heterocycles. The largest absolute Gasteiger partial charge is 0.471 e. The van der Waals surface area contributed by atoms with Gasteiger partial charge < -0.3 is 20.4 Å². The Labute approximate surface area is 200 Å². The van der Waals surface area contributed by atoms with Gasteiger partial charge in [0, 0.05) is 11.7 Å². The molecule has 3 aromatic rings. The average molecular weight is 493 g/mol. The monoisotopic (exact) mass is 492 g/mol. The van der Waals surface area contributed by atoms with Crippen molar-refractivity contribution in [2.24, 2.45) is 5.92 Å². The summed E-state index contributed by atoms with van der Waals surface area (Å²) in [5.41, 5.74) is 2.95. The molecule has 0 spiro atoms. The van der Waals surface area contributed by atoms with Gasteiger partial charge in [-0.1, -0.05) is 18.5 Å². The van der Waals surface area contributed by atoms with Gasteiger partial charge in [-0.3, -0.25) is 4.79 Å². The highest BCUT2D eigenvalue weighted by molar-refractivity contribution is 6.32. The molecule has 3 heterocycles. The maximum absolute atomic E-state index is 13.0. The van der Waals surface area contributed by atoms with Crippen LogP contribution < -0.4 is 15.4 Å². The van der Waals surface area contributed by atoms with Crippen molar-refractivity contribution in [3.63, 3.8) is 0 Å². The van der Waals surface area contributed by atoms with E-state index in [-0.39, 0.29) is 28.3 Å². The minimum atomic E-state index is -2.70. The third-order valence-electron chi connectivity index (χ3n) is 5.92. The number of H-pyrrole nitrogens is 1. The smallest absolute Gasteiger partial charge is 0.272 e. The van der Waals surface area contributed by atoms with Crippen molar-refractivity contribution >= 4 is 40.3 Å². The summed E-state index contributed by atoms with van der Waals surface area (Å²) in [5, 5.41) is 6.36. The van der Waals surface area contributed by atoms with Gasteiger partial charge in [0.25, 0.3) is 12.3 Å². The van der Waals surface area contributed by atoms with Gasteiger partial charge in [0.05, 0.1) is 5.69 Å². The number of imidazole rings is 1. The number of carbonyl (C=O) groups excluding carboxylic acids is 1. The first-order valence-electron chi connectivity index (χ1n) is 11.2. The van der Waals surface area contributed by atoms with Crippen LogP contribution in [0.2, 0.25) is 5.15 Å². The van der Waals surface area contributed by atoms with Crippen molar-refractivity contribution in [2.45, 2.75) is 58.9 Å². The third-order valence-corrected chi connectivity index (χ3v) is 6.20. The first-order valence-corrected chi connectivity index (χ1v) is 11.6. The van der Waals surface area contributed by atoms with Gasteiger partial charge in [0.15, 0.2) is 17.4 Å². The van der Waals surface area contributed by atoms with Crippen LogP contribution in [0.25, 0.3) is 11.2 Å². The first-order chi connectivity index (χ1) is 16.2. The molecule has 0 bridgehead atoms. The van der Waals surface area contributed by atoms with E-state index in [9.17, 15) is 13.6 Å². The van der Waals surface area contributed by atoms with Crippen LogP contribution in [0.1, 0.15) is 54.2 Å². The summed E-state index contributed by atoms with van der Waals surface area (Å²) >= 11 is 6.27. The normalized spacial score (nSPS) is 18.3. The van der Waals surface area contributed by atoms with E-state index in [4.69, 9.17) is 16.3 Å². The molecule has 0 saturated heterocycles. The quantitative estimate of drug-likeness (QED) is 0.385. The highest BCUT2D eigenvalue weighted by Crippen LogP contribution is 2.29. The molecule has 0 unspecified atom stereocenters. The summed E-state index contributed by atoms with van der Waals surface area (Å²) in [4.78, 5) is 29.0. The molecule has 4 rings (SSSR count). The zero-order valence-electron chi connectivity index (χ0n) is 19.2. The number of carbonyl (C=O) groups is 1. The van der Waals surface area contributed by atoms with Gasteiger partial charge in [0.1, 0.15) is 11.1 Å². The van der Waals surface area contributed by atoms with Crippen LogP contribution >= 0.6 is 11.6 Å². The van der Waals surface area contributed by atoms with E-state index in [2.05, 4.69) is 37.5 Å². The number of alkyl halides is 2. The fourth-order valence-electron chi connectivity index (χ4n) is 4.12. The van der Waals surface area contributed by atoms with Crippen molar-refractivity contribution in [3.05, 3.63) is 34.1 Å². The molecule has 3 aromatic heterocycles. The summed E-state index contributed by atoms with van der Waals surface area (Å²) in [6.45, 7) is 5.04. The fourth-order valence-corrected chi connectivity index (χ4v) is 4.45. The molecular formula is C23H27ClF2N6O2. The standard InChI is InChI=1S/C23H27ClF2N6O2/c1-11-4-6-14(7-5-11)28-21(33)15-9-16-20(31-22(15)34-10-17(25)26)32-23(29-16)30-18-12(2)8-13(3)27-19(18)24/h8-9,11,14,17H,4-7,10H2,1-3H3,(H,28,33)(H2,29,30,31,32)/t11-,14-. The van der Waals surface area contributed by atoms with Crippen molar-refractivity contribution in [1.29, 1.82) is 0 Å². The van der Waals surface area contributed by atoms with E-state index >= 15 is 0 Å². The first kappa shape index (κ1) is 24.1. The molecule has 11 heteroatoms. The summed E-state index contributed by atoms with van der Waals surface area (Å²) in [7, 11) is 0. The Hall–Kier alpha value is -3.01. The predicted molar refractivity (Wildman–Crippen MR) is 126 cm³/mol. The van der Waals surface area contributed by atoms with Gasteiger partial charge in [-0.2, -0.15) is 4.98 Å². The van der Waals surface area contributed by atoms with Crippen LogP contribution in [0, 0.1) is 19.8 Å². The van der Waals surface area contributed by atoms with Crippen molar-refractivity contribution in [3.8, 4) is 5.88 Å². The Balaban J connectivity index is 1.63. The zero-order valence-corrected chi connectivity index (χ0v) is 20.0. The molecule has 1 fully saturated rings. The van der Waals surface area contributed by atoms with E-state index in [1.807, 2.05) is 19.9 Å². The maximum atomic E-state index is 13.0. The highest BCUT2D eigenvalue weighted by Gasteiger charge is 2.24. The Morgan fingerprint density at radius 1 is 1.21 bits per heavy atom. The van der Waals surface area contributed by atoms with Gasteiger partial charge in [-0.25, -0.2) is 18.7 Å². The van der Waals surface area contributed by atoms with Crippen LogP contribution in [0.4, 0.5) is 20.4 Å². The second kappa shape index (κ2) is 10.1. The maximum Gasteiger partial charge on any atom is 0.272 e. The van der Waals surface area contributed by atoms with Crippen LogP contribution in [0.3, 0.4) is 0 Å². The molecule has 1 aliphatic rings. The van der Waals surface area contributed by atoms with E-state index < -0.39 is 18.9 Å². The summed E-state index contributed by atoms with van der Waals surface area (Å²) in [6.07, 6.45) is 1.10. The SMILES string of the molecule is Cc1cc(C)c(Nc2nc3cc(C(=O)N[C@H]4CC[C@H](C)CC4)c(OCC(F)F)nc3[nH]2)c(Cl)n1. The number of aromatic nitrogens is 4. The average Bonchev–Trinajstić information content (AvgIpc) is 3.17. The molecule has 1 aliphatic carbocycles. The van der Waals surface area contributed by atoms with E-state index in [0.29, 0.717) is 23.1 Å². The Morgan fingerprint density at radius 3 is 2.62 bits per heavy atom. The molecule has 8 nitrogen and oxygen atoms in total. The van der Waals surface area contributed by atoms with Crippen LogP contribution in [-0.4, -0.2) is 44.9 Å². The number of anilines is 2. The van der Waals surface area contributed by atoms with Crippen LogP contribution in [0.5, 0.6) is 5.88 Å². The summed E-state index contributed by atoms with van der Waals surface area (Å²) in [5.74, 6) is 0.358. The molecule has 0 atom stereocenters. The number of halogens is 3. The molecule has 1 saturated carbocycles. The second-order valence-electron chi connectivity index (χ2n) is 8.80. The Morgan fingerprint density at radius 2 is 1.94 bits per heavy atom. The number of rotatable bonds is 7. The number of nitrogens with zero attached hydrogens (tertiary/aromatic N) is 3. The van der Waals surface area contributed by atoms with Crippen molar-refractivity contribution in [2.75, 3.05) is 11.9 Å². The second-order valence-corrected chi connectivity index (χ2v) is 9.16. The number of pyridine rings is 2. The lowest BCUT2D eigenvalue weighted by atomic mass is 9.87. The lowest BCUT2D eigenvalue weighted by Crippen LogP contribution is -2.37. The number of aryl methyl sites for hydroxylation is 2. The van der Waals surface area contributed by atoms with Gasteiger partial charge in [0.2, 0.25) is 11.8 Å². The summed E-state index contributed by atoms with van der Waals surface area (Å²) < 4.78 is 30.8. The van der Waals surface area contributed by atoms with E-state index in [0.717, 1.165) is 36.9 Å². The Kier molecular flexibility index (Phi) is 7.16. The van der Waals surface area contributed by atoms with Gasteiger partial charge >= 0.3 is 0 Å².